The third-order valence-electron chi connectivity index (χ3n) is 4.13. The van der Waals surface area contributed by atoms with Crippen molar-refractivity contribution in [1.29, 1.82) is 0 Å². The molecule has 0 atom stereocenters. The molecule has 1 fully saturated rings. The summed E-state index contributed by atoms with van der Waals surface area (Å²) in [6.07, 6.45) is 5.46. The summed E-state index contributed by atoms with van der Waals surface area (Å²) in [6.45, 7) is 2.05. The average molecular weight is 267 g/mol. The highest BCUT2D eigenvalue weighted by Crippen LogP contribution is 2.32. The highest BCUT2D eigenvalue weighted by atomic mass is 16.6. The summed E-state index contributed by atoms with van der Waals surface area (Å²) in [6, 6.07) is 14.8. The van der Waals surface area contributed by atoms with Crippen molar-refractivity contribution in [2.75, 3.05) is 0 Å². The molecule has 2 aromatic carbocycles. The number of carbonyl (C=O) groups is 1. The van der Waals surface area contributed by atoms with Crippen LogP contribution in [-0.4, -0.2) is 11.6 Å². The van der Waals surface area contributed by atoms with Gasteiger partial charge in [0.2, 0.25) is 0 Å². The maximum Gasteiger partial charge on any atom is 0.339 e. The Labute approximate surface area is 119 Å². The van der Waals surface area contributed by atoms with E-state index in [-0.39, 0.29) is 11.6 Å². The van der Waals surface area contributed by atoms with Crippen LogP contribution < -0.4 is 0 Å². The standard InChI is InChI=1S/C18H19O2/c1-18(11-5-2-6-12-18)20-17(19)16-10-9-14-7-3-4-8-15(14)13-16/h3-4,7-10H,2,5-6,11-12H2,1H3. The van der Waals surface area contributed by atoms with E-state index >= 15 is 0 Å². The van der Waals surface area contributed by atoms with Crippen molar-refractivity contribution in [1.82, 2.24) is 0 Å². The zero-order valence-corrected chi connectivity index (χ0v) is 11.8. The Morgan fingerprint density at radius 3 is 2.65 bits per heavy atom. The number of fused-ring (bicyclic) bond motifs is 1. The molecule has 0 spiro atoms. The Bertz CT molecular complexity index is 624. The lowest BCUT2D eigenvalue weighted by atomic mass is 9.86. The van der Waals surface area contributed by atoms with Gasteiger partial charge in [-0.15, -0.1) is 0 Å². The lowest BCUT2D eigenvalue weighted by molar-refractivity contribution is -0.0269. The third kappa shape index (κ3) is 2.69. The number of hydrogen-bond donors (Lipinski definition) is 0. The van der Waals surface area contributed by atoms with Crippen molar-refractivity contribution in [3.63, 3.8) is 0 Å². The minimum absolute atomic E-state index is 0.250. The van der Waals surface area contributed by atoms with Crippen LogP contribution >= 0.6 is 0 Å². The Morgan fingerprint density at radius 1 is 1.10 bits per heavy atom. The normalized spacial score (nSPS) is 17.9. The maximum atomic E-state index is 12.3. The quantitative estimate of drug-likeness (QED) is 0.748. The molecule has 2 aromatic rings. The molecule has 3 rings (SSSR count). The highest BCUT2D eigenvalue weighted by molar-refractivity contribution is 5.95. The van der Waals surface area contributed by atoms with E-state index in [1.165, 1.54) is 6.42 Å². The van der Waals surface area contributed by atoms with Crippen LogP contribution in [0.15, 0.2) is 36.4 Å². The van der Waals surface area contributed by atoms with Crippen LogP contribution in [0.1, 0.15) is 49.4 Å². The molecule has 0 saturated heterocycles. The molecule has 20 heavy (non-hydrogen) atoms. The number of rotatable bonds is 2. The van der Waals surface area contributed by atoms with Crippen LogP contribution in [0.5, 0.6) is 0 Å². The van der Waals surface area contributed by atoms with Gasteiger partial charge in [-0.05, 0) is 49.4 Å². The van der Waals surface area contributed by atoms with Crippen LogP contribution in [0.25, 0.3) is 10.8 Å². The summed E-state index contributed by atoms with van der Waals surface area (Å²) in [5.74, 6) is -0.250. The second kappa shape index (κ2) is 5.28. The van der Waals surface area contributed by atoms with Crippen LogP contribution in [0.4, 0.5) is 0 Å². The SMILES string of the molecule is CC1(OC(=O)c2[c]c3ccccc3cc2)CCCCC1. The molecule has 103 valence electrons. The van der Waals surface area contributed by atoms with Gasteiger partial charge in [-0.2, -0.15) is 0 Å². The average Bonchev–Trinajstić information content (AvgIpc) is 2.47. The van der Waals surface area contributed by atoms with Crippen LogP contribution in [0.3, 0.4) is 0 Å². The molecular weight excluding hydrogens is 248 g/mol. The van der Waals surface area contributed by atoms with E-state index in [4.69, 9.17) is 4.74 Å². The van der Waals surface area contributed by atoms with Gasteiger partial charge in [0.1, 0.15) is 5.60 Å². The van der Waals surface area contributed by atoms with Crippen LogP contribution in [0, 0.1) is 6.07 Å². The highest BCUT2D eigenvalue weighted by Gasteiger charge is 2.31. The lowest BCUT2D eigenvalue weighted by Crippen LogP contribution is -2.33. The maximum absolute atomic E-state index is 12.3. The minimum atomic E-state index is -0.297. The molecular formula is C18H19O2. The predicted molar refractivity (Wildman–Crippen MR) is 79.7 cm³/mol. The first kappa shape index (κ1) is 13.2. The smallest absolute Gasteiger partial charge is 0.339 e. The first-order chi connectivity index (χ1) is 9.66. The van der Waals surface area contributed by atoms with Crippen molar-refractivity contribution in [2.45, 2.75) is 44.6 Å². The minimum Gasteiger partial charge on any atom is -0.456 e. The van der Waals surface area contributed by atoms with E-state index in [9.17, 15) is 4.79 Å². The van der Waals surface area contributed by atoms with Gasteiger partial charge < -0.3 is 4.74 Å². The molecule has 0 unspecified atom stereocenters. The molecule has 2 heteroatoms. The van der Waals surface area contributed by atoms with E-state index in [1.54, 1.807) is 6.07 Å². The number of esters is 1. The number of carbonyl (C=O) groups excluding carboxylic acids is 1. The van der Waals surface area contributed by atoms with Crippen molar-refractivity contribution in [3.05, 3.63) is 48.0 Å². The van der Waals surface area contributed by atoms with Gasteiger partial charge in [0.25, 0.3) is 0 Å². The largest absolute Gasteiger partial charge is 0.456 e. The molecule has 0 aromatic heterocycles. The summed E-state index contributed by atoms with van der Waals surface area (Å²) in [5, 5.41) is 2.05. The molecule has 0 bridgehead atoms. The molecule has 0 aliphatic heterocycles. The monoisotopic (exact) mass is 267 g/mol. The summed E-state index contributed by atoms with van der Waals surface area (Å²) >= 11 is 0. The zero-order valence-electron chi connectivity index (χ0n) is 11.8. The van der Waals surface area contributed by atoms with Gasteiger partial charge >= 0.3 is 5.97 Å². The van der Waals surface area contributed by atoms with E-state index in [2.05, 4.69) is 6.07 Å². The van der Waals surface area contributed by atoms with E-state index in [0.29, 0.717) is 5.56 Å². The van der Waals surface area contributed by atoms with E-state index in [0.717, 1.165) is 36.5 Å². The van der Waals surface area contributed by atoms with Crippen molar-refractivity contribution in [2.24, 2.45) is 0 Å². The van der Waals surface area contributed by atoms with Crippen molar-refractivity contribution < 1.29 is 9.53 Å². The topological polar surface area (TPSA) is 26.3 Å². The van der Waals surface area contributed by atoms with Gasteiger partial charge in [-0.25, -0.2) is 4.79 Å². The summed E-state index contributed by atoms with van der Waals surface area (Å²) in [7, 11) is 0. The van der Waals surface area contributed by atoms with Crippen LogP contribution in [-0.2, 0) is 4.74 Å². The van der Waals surface area contributed by atoms with Gasteiger partial charge in [-0.3, -0.25) is 0 Å². The van der Waals surface area contributed by atoms with Crippen molar-refractivity contribution in [3.8, 4) is 0 Å². The molecule has 1 radical (unpaired) electrons. The molecule has 1 aliphatic rings. The number of benzene rings is 2. The zero-order chi connectivity index (χ0) is 14.0. The molecule has 0 heterocycles. The molecule has 0 amide bonds. The fraction of sp³-hybridized carbons (Fsp3) is 0.389. The summed E-state index contributed by atoms with van der Waals surface area (Å²) in [4.78, 5) is 12.3. The number of ether oxygens (including phenoxy) is 1. The van der Waals surface area contributed by atoms with Crippen LogP contribution in [0.2, 0.25) is 0 Å². The van der Waals surface area contributed by atoms with E-state index < -0.39 is 0 Å². The Kier molecular flexibility index (Phi) is 3.47. The molecule has 1 aliphatic carbocycles. The Morgan fingerprint density at radius 2 is 1.85 bits per heavy atom. The van der Waals surface area contributed by atoms with Gasteiger partial charge in [0, 0.05) is 6.07 Å². The van der Waals surface area contributed by atoms with Crippen molar-refractivity contribution >= 4 is 16.7 Å². The molecule has 1 saturated carbocycles. The van der Waals surface area contributed by atoms with E-state index in [1.807, 2.05) is 37.3 Å². The van der Waals surface area contributed by atoms with Gasteiger partial charge in [0.15, 0.2) is 0 Å². The first-order valence-electron chi connectivity index (χ1n) is 7.31. The molecule has 0 N–H and O–H groups in total. The Balaban J connectivity index is 1.81. The summed E-state index contributed by atoms with van der Waals surface area (Å²) < 4.78 is 5.74. The second-order valence-corrected chi connectivity index (χ2v) is 5.86. The number of hydrogen-bond acceptors (Lipinski definition) is 2. The van der Waals surface area contributed by atoms with Gasteiger partial charge in [0.05, 0.1) is 5.56 Å². The fourth-order valence-corrected chi connectivity index (χ4v) is 2.92. The predicted octanol–water partition coefficient (Wildman–Crippen LogP) is 4.52. The summed E-state index contributed by atoms with van der Waals surface area (Å²) in [5.41, 5.74) is 0.227. The molecule has 2 nitrogen and oxygen atoms in total. The Hall–Kier alpha value is -1.83. The first-order valence-corrected chi connectivity index (χ1v) is 7.31. The third-order valence-corrected chi connectivity index (χ3v) is 4.13. The fourth-order valence-electron chi connectivity index (χ4n) is 2.92. The lowest BCUT2D eigenvalue weighted by Gasteiger charge is -2.33. The van der Waals surface area contributed by atoms with Gasteiger partial charge in [-0.1, -0.05) is 36.8 Å². The second-order valence-electron chi connectivity index (χ2n) is 5.86.